The van der Waals surface area contributed by atoms with Gasteiger partial charge in [-0.05, 0) is 42.9 Å². The topological polar surface area (TPSA) is 62.0 Å². The Labute approximate surface area is 137 Å². The lowest BCUT2D eigenvalue weighted by molar-refractivity contribution is 0.0985. The van der Waals surface area contributed by atoms with E-state index in [1.165, 1.54) is 11.5 Å². The number of aromatic nitrogens is 2. The quantitative estimate of drug-likeness (QED) is 0.844. The zero-order chi connectivity index (χ0) is 15.3. The minimum absolute atomic E-state index is 0.258. The first-order valence-electron chi connectivity index (χ1n) is 7.37. The number of anilines is 1. The number of hydrogen-bond acceptors (Lipinski definition) is 6. The summed E-state index contributed by atoms with van der Waals surface area (Å²) < 4.78 is 10.7. The number of nitriles is 1. The van der Waals surface area contributed by atoms with Crippen molar-refractivity contribution in [2.45, 2.75) is 31.2 Å². The molecule has 0 N–H and O–H groups in total. The third-order valence-electron chi connectivity index (χ3n) is 4.51. The average Bonchev–Trinajstić information content (AvgIpc) is 3.25. The van der Waals surface area contributed by atoms with Crippen molar-refractivity contribution in [3.05, 3.63) is 16.8 Å². The molecule has 0 radical (unpaired) electrons. The molecular weight excluding hydrogens is 320 g/mol. The predicted molar refractivity (Wildman–Crippen MR) is 86.6 cm³/mol. The van der Waals surface area contributed by atoms with E-state index in [1.54, 1.807) is 0 Å². The van der Waals surface area contributed by atoms with Crippen molar-refractivity contribution in [1.29, 1.82) is 5.26 Å². The molecule has 2 fully saturated rings. The summed E-state index contributed by atoms with van der Waals surface area (Å²) in [5.74, 6) is 0.877. The van der Waals surface area contributed by atoms with Crippen molar-refractivity contribution in [3.8, 4) is 6.07 Å². The highest BCUT2D eigenvalue weighted by Crippen LogP contribution is 2.51. The smallest absolute Gasteiger partial charge is 0.169 e. The van der Waals surface area contributed by atoms with Crippen LogP contribution in [0.5, 0.6) is 0 Å². The molecule has 0 amide bonds. The lowest BCUT2D eigenvalue weighted by Crippen LogP contribution is -2.44. The normalized spacial score (nSPS) is 23.5. The highest BCUT2D eigenvalue weighted by atomic mass is 35.5. The largest absolute Gasteiger partial charge is 0.377 e. The summed E-state index contributed by atoms with van der Waals surface area (Å²) in [7, 11) is 0. The standard InChI is InChI=1S/C15H15ClN4OS/c1-9-7-21-5-4-20(9)11-6-10(15(8-17)2-3-15)13-12(18-11)14(16)19-22-13/h6,9H,2-5,7H2,1H3. The van der Waals surface area contributed by atoms with E-state index in [0.717, 1.165) is 41.0 Å². The molecule has 1 aliphatic carbocycles. The molecule has 114 valence electrons. The molecule has 0 spiro atoms. The number of morpholine rings is 1. The minimum Gasteiger partial charge on any atom is -0.377 e. The van der Waals surface area contributed by atoms with Crippen molar-refractivity contribution in [1.82, 2.24) is 9.36 Å². The van der Waals surface area contributed by atoms with E-state index >= 15 is 0 Å². The van der Waals surface area contributed by atoms with Crippen LogP contribution in [-0.2, 0) is 10.2 Å². The second-order valence-corrected chi connectivity index (χ2v) is 7.12. The molecule has 0 aromatic carbocycles. The number of pyridine rings is 1. The van der Waals surface area contributed by atoms with Gasteiger partial charge in [-0.3, -0.25) is 0 Å². The number of rotatable bonds is 2. The van der Waals surface area contributed by atoms with E-state index in [-0.39, 0.29) is 11.5 Å². The van der Waals surface area contributed by atoms with Gasteiger partial charge >= 0.3 is 0 Å². The van der Waals surface area contributed by atoms with Crippen molar-refractivity contribution in [3.63, 3.8) is 0 Å². The second kappa shape index (κ2) is 5.05. The molecule has 2 aliphatic rings. The van der Waals surface area contributed by atoms with Gasteiger partial charge in [-0.2, -0.15) is 9.64 Å². The number of fused-ring (bicyclic) bond motifs is 1. The van der Waals surface area contributed by atoms with E-state index in [0.29, 0.717) is 18.4 Å². The summed E-state index contributed by atoms with van der Waals surface area (Å²) in [6.07, 6.45) is 1.80. The van der Waals surface area contributed by atoms with E-state index in [9.17, 15) is 5.26 Å². The Bertz CT molecular complexity index is 780. The first-order chi connectivity index (χ1) is 10.6. The monoisotopic (exact) mass is 334 g/mol. The molecule has 5 nitrogen and oxygen atoms in total. The Hall–Kier alpha value is -1.42. The van der Waals surface area contributed by atoms with Crippen molar-refractivity contribution >= 4 is 39.2 Å². The summed E-state index contributed by atoms with van der Waals surface area (Å²) in [5.41, 5.74) is 1.39. The maximum Gasteiger partial charge on any atom is 0.169 e. The Balaban J connectivity index is 1.89. The predicted octanol–water partition coefficient (Wildman–Crippen LogP) is 3.12. The fourth-order valence-electron chi connectivity index (χ4n) is 3.02. The zero-order valence-electron chi connectivity index (χ0n) is 12.2. The third-order valence-corrected chi connectivity index (χ3v) is 5.75. The maximum absolute atomic E-state index is 9.58. The average molecular weight is 335 g/mol. The molecule has 1 unspecified atom stereocenters. The van der Waals surface area contributed by atoms with Gasteiger partial charge in [-0.1, -0.05) is 11.6 Å². The fraction of sp³-hybridized carbons (Fsp3) is 0.533. The first-order valence-corrected chi connectivity index (χ1v) is 8.52. The zero-order valence-corrected chi connectivity index (χ0v) is 13.7. The molecule has 7 heteroatoms. The van der Waals surface area contributed by atoms with Crippen molar-refractivity contribution in [2.24, 2.45) is 0 Å². The van der Waals surface area contributed by atoms with Crippen LogP contribution in [0, 0.1) is 11.3 Å². The van der Waals surface area contributed by atoms with Gasteiger partial charge in [-0.25, -0.2) is 4.98 Å². The van der Waals surface area contributed by atoms with Crippen LogP contribution in [0.2, 0.25) is 5.15 Å². The molecular formula is C15H15ClN4OS. The molecule has 1 atom stereocenters. The summed E-state index contributed by atoms with van der Waals surface area (Å²) >= 11 is 7.56. The van der Waals surface area contributed by atoms with Gasteiger partial charge in [-0.15, -0.1) is 0 Å². The molecule has 1 saturated carbocycles. The van der Waals surface area contributed by atoms with Crippen LogP contribution in [0.4, 0.5) is 5.82 Å². The molecule has 0 bridgehead atoms. The molecule has 4 rings (SSSR count). The highest BCUT2D eigenvalue weighted by molar-refractivity contribution is 7.14. The van der Waals surface area contributed by atoms with E-state index in [2.05, 4.69) is 28.3 Å². The summed E-state index contributed by atoms with van der Waals surface area (Å²) in [4.78, 5) is 6.95. The lowest BCUT2D eigenvalue weighted by Gasteiger charge is -2.34. The summed E-state index contributed by atoms with van der Waals surface area (Å²) in [6.45, 7) is 4.30. The summed E-state index contributed by atoms with van der Waals surface area (Å²) in [5, 5.41) is 10.0. The Morgan fingerprint density at radius 1 is 1.55 bits per heavy atom. The van der Waals surface area contributed by atoms with Gasteiger partial charge in [0, 0.05) is 6.54 Å². The van der Waals surface area contributed by atoms with Crippen molar-refractivity contribution in [2.75, 3.05) is 24.7 Å². The Kier molecular flexibility index (Phi) is 3.26. The van der Waals surface area contributed by atoms with Gasteiger partial charge in [0.2, 0.25) is 0 Å². The Morgan fingerprint density at radius 3 is 3.05 bits per heavy atom. The van der Waals surface area contributed by atoms with Crippen molar-refractivity contribution < 1.29 is 4.74 Å². The molecule has 22 heavy (non-hydrogen) atoms. The van der Waals surface area contributed by atoms with Gasteiger partial charge in [0.25, 0.3) is 0 Å². The molecule has 3 heterocycles. The molecule has 1 aliphatic heterocycles. The fourth-order valence-corrected chi connectivity index (χ4v) is 4.15. The number of halogens is 1. The minimum atomic E-state index is -0.374. The van der Waals surface area contributed by atoms with Gasteiger partial charge in [0.05, 0.1) is 35.4 Å². The highest BCUT2D eigenvalue weighted by Gasteiger charge is 2.47. The van der Waals surface area contributed by atoms with Gasteiger partial charge in [0.1, 0.15) is 11.3 Å². The number of hydrogen-bond donors (Lipinski definition) is 0. The van der Waals surface area contributed by atoms with E-state index < -0.39 is 0 Å². The van der Waals surface area contributed by atoms with Crippen LogP contribution in [0.3, 0.4) is 0 Å². The number of ether oxygens (including phenoxy) is 1. The van der Waals surface area contributed by atoms with Crippen LogP contribution >= 0.6 is 23.1 Å². The first kappa shape index (κ1) is 14.2. The Morgan fingerprint density at radius 2 is 2.36 bits per heavy atom. The van der Waals surface area contributed by atoms with Crippen LogP contribution in [0.25, 0.3) is 10.2 Å². The molecule has 1 saturated heterocycles. The van der Waals surface area contributed by atoms with E-state index in [4.69, 9.17) is 21.3 Å². The van der Waals surface area contributed by atoms with Crippen LogP contribution in [0.15, 0.2) is 6.07 Å². The maximum atomic E-state index is 9.58. The van der Waals surface area contributed by atoms with Gasteiger partial charge < -0.3 is 9.64 Å². The third kappa shape index (κ3) is 2.08. The second-order valence-electron chi connectivity index (χ2n) is 5.99. The molecule has 2 aromatic heterocycles. The van der Waals surface area contributed by atoms with Crippen LogP contribution < -0.4 is 4.90 Å². The lowest BCUT2D eigenvalue weighted by atomic mass is 9.98. The number of nitrogens with zero attached hydrogens (tertiary/aromatic N) is 4. The van der Waals surface area contributed by atoms with Crippen LogP contribution in [-0.4, -0.2) is 35.2 Å². The van der Waals surface area contributed by atoms with E-state index in [1.807, 2.05) is 0 Å². The van der Waals surface area contributed by atoms with Gasteiger partial charge in [0.15, 0.2) is 5.15 Å². The summed E-state index contributed by atoms with van der Waals surface area (Å²) in [6, 6.07) is 4.80. The van der Waals surface area contributed by atoms with Crippen LogP contribution in [0.1, 0.15) is 25.3 Å². The molecule has 2 aromatic rings. The SMILES string of the molecule is CC1COCCN1c1cc(C2(C#N)CC2)c2snc(Cl)c2n1.